The Morgan fingerprint density at radius 3 is 3.14 bits per heavy atom. The summed E-state index contributed by atoms with van der Waals surface area (Å²) in [5, 5.41) is 6.50. The van der Waals surface area contributed by atoms with Gasteiger partial charge in [0.05, 0.1) is 18.4 Å². The predicted octanol–water partition coefficient (Wildman–Crippen LogP) is 1.67. The number of nitrogens with one attached hydrogen (secondary N) is 3. The van der Waals surface area contributed by atoms with Crippen LogP contribution in [0.25, 0.3) is 22.4 Å². The van der Waals surface area contributed by atoms with E-state index in [1.807, 2.05) is 18.3 Å². The maximum absolute atomic E-state index is 4.63. The molecule has 0 fully saturated rings. The van der Waals surface area contributed by atoms with Crippen LogP contribution in [0.15, 0.2) is 47.7 Å². The zero-order chi connectivity index (χ0) is 14.8. The third-order valence-corrected chi connectivity index (χ3v) is 3.62. The normalized spacial score (nSPS) is 13.9. The smallest absolute Gasteiger partial charge is 0.191 e. The minimum absolute atomic E-state index is 0.736. The average Bonchev–Trinajstić information content (AvgIpc) is 3.24. The van der Waals surface area contributed by atoms with Crippen LogP contribution in [-0.2, 0) is 6.54 Å². The van der Waals surface area contributed by atoms with Gasteiger partial charge in [0.1, 0.15) is 5.52 Å². The first-order chi connectivity index (χ1) is 10.9. The molecule has 3 N–H and O–H groups in total. The summed E-state index contributed by atoms with van der Waals surface area (Å²) >= 11 is 0. The van der Waals surface area contributed by atoms with Crippen LogP contribution < -0.4 is 10.6 Å². The largest absolute Gasteiger partial charge is 0.355 e. The highest BCUT2D eigenvalue weighted by molar-refractivity contribution is 5.81. The van der Waals surface area contributed by atoms with E-state index < -0.39 is 0 Å². The number of aromatic nitrogens is 3. The second-order valence-corrected chi connectivity index (χ2v) is 5.18. The van der Waals surface area contributed by atoms with Crippen LogP contribution in [0.2, 0.25) is 0 Å². The highest BCUT2D eigenvalue weighted by atomic mass is 15.2. The molecule has 0 amide bonds. The lowest BCUT2D eigenvalue weighted by Crippen LogP contribution is -2.33. The molecule has 6 nitrogen and oxygen atoms in total. The molecule has 110 valence electrons. The van der Waals surface area contributed by atoms with E-state index in [9.17, 15) is 0 Å². The fourth-order valence-corrected chi connectivity index (χ4v) is 2.51. The fourth-order valence-electron chi connectivity index (χ4n) is 2.51. The van der Waals surface area contributed by atoms with Gasteiger partial charge in [-0.2, -0.15) is 0 Å². The summed E-state index contributed by atoms with van der Waals surface area (Å²) in [7, 11) is 0. The van der Waals surface area contributed by atoms with E-state index in [1.54, 1.807) is 6.20 Å². The van der Waals surface area contributed by atoms with Gasteiger partial charge < -0.3 is 15.6 Å². The number of hydrogen-bond donors (Lipinski definition) is 3. The lowest BCUT2D eigenvalue weighted by Gasteiger charge is -2.08. The maximum atomic E-state index is 4.63. The van der Waals surface area contributed by atoms with Crippen LogP contribution in [0.5, 0.6) is 0 Å². The third kappa shape index (κ3) is 2.50. The van der Waals surface area contributed by atoms with E-state index >= 15 is 0 Å². The van der Waals surface area contributed by atoms with Crippen LogP contribution >= 0.6 is 0 Å². The van der Waals surface area contributed by atoms with Crippen molar-refractivity contribution in [3.8, 4) is 11.3 Å². The highest BCUT2D eigenvalue weighted by Crippen LogP contribution is 2.19. The molecule has 0 saturated heterocycles. The Morgan fingerprint density at radius 2 is 2.23 bits per heavy atom. The number of rotatable bonds is 3. The second kappa shape index (κ2) is 5.48. The molecule has 22 heavy (non-hydrogen) atoms. The molecule has 4 rings (SSSR count). The van der Waals surface area contributed by atoms with E-state index in [4.69, 9.17) is 0 Å². The second-order valence-electron chi connectivity index (χ2n) is 5.18. The number of aromatic amines is 1. The van der Waals surface area contributed by atoms with Crippen molar-refractivity contribution >= 4 is 17.1 Å². The number of benzene rings is 1. The zero-order valence-corrected chi connectivity index (χ0v) is 12.0. The lowest BCUT2D eigenvalue weighted by molar-refractivity contribution is 0.867. The number of aliphatic imine (C=N–C) groups is 1. The van der Waals surface area contributed by atoms with Crippen molar-refractivity contribution in [1.82, 2.24) is 25.6 Å². The lowest BCUT2D eigenvalue weighted by atomic mass is 10.1. The van der Waals surface area contributed by atoms with Gasteiger partial charge in [-0.05, 0) is 17.7 Å². The fraction of sp³-hybridized carbons (Fsp3) is 0.188. The van der Waals surface area contributed by atoms with Gasteiger partial charge in [-0.1, -0.05) is 18.2 Å². The van der Waals surface area contributed by atoms with Crippen molar-refractivity contribution in [3.05, 3.63) is 48.3 Å². The summed E-state index contributed by atoms with van der Waals surface area (Å²) in [6, 6.07) is 10.2. The molecule has 3 heterocycles. The van der Waals surface area contributed by atoms with E-state index in [0.717, 1.165) is 48.0 Å². The SMILES string of the molecule is c1cc(CNC2=NCCN2)cc(-c2cnc3[nH]ccc3n2)c1. The first-order valence-electron chi connectivity index (χ1n) is 7.30. The highest BCUT2D eigenvalue weighted by Gasteiger charge is 2.06. The number of H-pyrrole nitrogens is 1. The van der Waals surface area contributed by atoms with Crippen molar-refractivity contribution in [2.24, 2.45) is 4.99 Å². The van der Waals surface area contributed by atoms with Crippen molar-refractivity contribution in [2.75, 3.05) is 13.1 Å². The minimum atomic E-state index is 0.736. The summed E-state index contributed by atoms with van der Waals surface area (Å²) in [6.07, 6.45) is 3.65. The van der Waals surface area contributed by atoms with Crippen molar-refractivity contribution in [3.63, 3.8) is 0 Å². The first kappa shape index (κ1) is 12.8. The maximum Gasteiger partial charge on any atom is 0.191 e. The Morgan fingerprint density at radius 1 is 1.23 bits per heavy atom. The van der Waals surface area contributed by atoms with Crippen LogP contribution in [0.3, 0.4) is 0 Å². The molecule has 1 aliphatic heterocycles. The molecule has 0 bridgehead atoms. The summed E-state index contributed by atoms with van der Waals surface area (Å²) < 4.78 is 0. The summed E-state index contributed by atoms with van der Waals surface area (Å²) in [6.45, 7) is 2.49. The average molecular weight is 292 g/mol. The van der Waals surface area contributed by atoms with E-state index in [-0.39, 0.29) is 0 Å². The monoisotopic (exact) mass is 292 g/mol. The Kier molecular flexibility index (Phi) is 3.19. The van der Waals surface area contributed by atoms with Gasteiger partial charge >= 0.3 is 0 Å². The molecule has 1 aliphatic rings. The molecule has 0 atom stereocenters. The Labute approximate surface area is 127 Å². The van der Waals surface area contributed by atoms with Crippen LogP contribution in [-0.4, -0.2) is 34.0 Å². The standard InChI is InChI=1S/C16H16N6/c1-2-11(9-21-16-18-6-7-19-16)8-12(3-1)14-10-20-15-13(22-14)4-5-17-15/h1-5,8,10H,6-7,9H2,(H,17,20)(H2,18,19,21). The van der Waals surface area contributed by atoms with Gasteiger partial charge in [0.15, 0.2) is 11.6 Å². The molecule has 3 aromatic rings. The number of nitrogens with zero attached hydrogens (tertiary/aromatic N) is 3. The third-order valence-electron chi connectivity index (χ3n) is 3.62. The summed E-state index contributed by atoms with van der Waals surface area (Å²) in [5.74, 6) is 0.874. The Balaban J connectivity index is 1.57. The van der Waals surface area contributed by atoms with Gasteiger partial charge in [-0.3, -0.25) is 4.99 Å². The molecule has 0 spiro atoms. The van der Waals surface area contributed by atoms with Gasteiger partial charge in [0.25, 0.3) is 0 Å². The van der Waals surface area contributed by atoms with Crippen molar-refractivity contribution in [2.45, 2.75) is 6.54 Å². The molecule has 0 aliphatic carbocycles. The summed E-state index contributed by atoms with van der Waals surface area (Å²) in [5.41, 5.74) is 4.82. The topological polar surface area (TPSA) is 78.0 Å². The van der Waals surface area contributed by atoms with E-state index in [0.29, 0.717) is 0 Å². The Hall–Kier alpha value is -2.89. The number of hydrogen-bond acceptors (Lipinski definition) is 5. The Bertz CT molecular complexity index is 835. The van der Waals surface area contributed by atoms with Crippen LogP contribution in [0.1, 0.15) is 5.56 Å². The van der Waals surface area contributed by atoms with Crippen LogP contribution in [0.4, 0.5) is 0 Å². The molecule has 6 heteroatoms. The van der Waals surface area contributed by atoms with Crippen molar-refractivity contribution < 1.29 is 0 Å². The molecule has 0 unspecified atom stereocenters. The number of guanidine groups is 1. The molecule has 0 saturated carbocycles. The quantitative estimate of drug-likeness (QED) is 0.686. The first-order valence-corrected chi connectivity index (χ1v) is 7.30. The summed E-state index contributed by atoms with van der Waals surface area (Å²) in [4.78, 5) is 16.4. The van der Waals surface area contributed by atoms with E-state index in [1.165, 1.54) is 5.56 Å². The molecule has 1 aromatic carbocycles. The molecule has 2 aromatic heterocycles. The van der Waals surface area contributed by atoms with Gasteiger partial charge in [-0.25, -0.2) is 9.97 Å². The zero-order valence-electron chi connectivity index (χ0n) is 12.0. The van der Waals surface area contributed by atoms with Gasteiger partial charge in [0.2, 0.25) is 0 Å². The number of fused-ring (bicyclic) bond motifs is 1. The molecule has 0 radical (unpaired) electrons. The molecular formula is C16H16N6. The minimum Gasteiger partial charge on any atom is -0.355 e. The van der Waals surface area contributed by atoms with Gasteiger partial charge in [0, 0.05) is 24.8 Å². The predicted molar refractivity (Wildman–Crippen MR) is 86.5 cm³/mol. The molecular weight excluding hydrogens is 276 g/mol. The van der Waals surface area contributed by atoms with E-state index in [2.05, 4.69) is 48.8 Å². The van der Waals surface area contributed by atoms with Gasteiger partial charge in [-0.15, -0.1) is 0 Å². The van der Waals surface area contributed by atoms with Crippen LogP contribution in [0, 0.1) is 0 Å². The van der Waals surface area contributed by atoms with Crippen molar-refractivity contribution in [1.29, 1.82) is 0 Å².